The van der Waals surface area contributed by atoms with E-state index < -0.39 is 0 Å². The summed E-state index contributed by atoms with van der Waals surface area (Å²) in [6.07, 6.45) is 0. The van der Waals surface area contributed by atoms with Gasteiger partial charge in [0.25, 0.3) is 0 Å². The van der Waals surface area contributed by atoms with Crippen molar-refractivity contribution >= 4 is 56.0 Å². The normalized spacial score (nSPS) is 10.0. The Morgan fingerprint density at radius 2 is 1.25 bits per heavy atom. The van der Waals surface area contributed by atoms with Gasteiger partial charge in [0.1, 0.15) is 0 Å². The number of anilines is 4. The molecular weight excluding hydrogens is 382 g/mol. The van der Waals surface area contributed by atoms with Gasteiger partial charge in [-0.2, -0.15) is 0 Å². The van der Waals surface area contributed by atoms with Gasteiger partial charge >= 0.3 is 0 Å². The Labute approximate surface area is 155 Å². The highest BCUT2D eigenvalue weighted by Crippen LogP contribution is 2.20. The van der Waals surface area contributed by atoms with Crippen molar-refractivity contribution < 1.29 is 0 Å². The zero-order chi connectivity index (χ0) is 16.8. The Hall–Kier alpha value is -2.37. The fourth-order valence-electron chi connectivity index (χ4n) is 2.22. The molecule has 0 fully saturated rings. The number of thiocarbonyl (C=S) groups is 1. The SMILES string of the molecule is S=C(Nc1cccc(Br)c1)Nc1cccc(Nc2ccccc2)c1. The van der Waals surface area contributed by atoms with Crippen LogP contribution in [0.5, 0.6) is 0 Å². The van der Waals surface area contributed by atoms with Crippen LogP contribution in [0.1, 0.15) is 0 Å². The molecule has 0 aromatic heterocycles. The Morgan fingerprint density at radius 3 is 1.96 bits per heavy atom. The van der Waals surface area contributed by atoms with Gasteiger partial charge in [-0.25, -0.2) is 0 Å². The van der Waals surface area contributed by atoms with E-state index in [1.165, 1.54) is 0 Å². The number of nitrogens with one attached hydrogen (secondary N) is 3. The maximum Gasteiger partial charge on any atom is 0.175 e. The summed E-state index contributed by atoms with van der Waals surface area (Å²) in [5.74, 6) is 0. The molecule has 0 bridgehead atoms. The van der Waals surface area contributed by atoms with E-state index in [-0.39, 0.29) is 0 Å². The minimum Gasteiger partial charge on any atom is -0.355 e. The molecule has 3 nitrogen and oxygen atoms in total. The molecule has 0 unspecified atom stereocenters. The van der Waals surface area contributed by atoms with Crippen LogP contribution in [0.15, 0.2) is 83.3 Å². The van der Waals surface area contributed by atoms with E-state index in [0.717, 1.165) is 27.2 Å². The predicted octanol–water partition coefficient (Wildman–Crippen LogP) is 6.00. The molecule has 24 heavy (non-hydrogen) atoms. The topological polar surface area (TPSA) is 36.1 Å². The second kappa shape index (κ2) is 7.95. The van der Waals surface area contributed by atoms with Crippen LogP contribution in [0.4, 0.5) is 22.7 Å². The third-order valence-corrected chi connectivity index (χ3v) is 3.96. The molecule has 0 aliphatic heterocycles. The highest BCUT2D eigenvalue weighted by molar-refractivity contribution is 9.10. The van der Waals surface area contributed by atoms with Crippen LogP contribution in [0.3, 0.4) is 0 Å². The molecule has 0 aliphatic carbocycles. The molecule has 5 heteroatoms. The lowest BCUT2D eigenvalue weighted by Gasteiger charge is -2.12. The zero-order valence-electron chi connectivity index (χ0n) is 12.8. The van der Waals surface area contributed by atoms with Crippen LogP contribution in [0.2, 0.25) is 0 Å². The number of rotatable bonds is 4. The van der Waals surface area contributed by atoms with Gasteiger partial charge < -0.3 is 16.0 Å². The van der Waals surface area contributed by atoms with E-state index in [1.807, 2.05) is 78.9 Å². The molecule has 0 atom stereocenters. The number of hydrogen-bond donors (Lipinski definition) is 3. The number of halogens is 1. The van der Waals surface area contributed by atoms with Gasteiger partial charge in [-0.3, -0.25) is 0 Å². The average Bonchev–Trinajstić information content (AvgIpc) is 2.56. The summed E-state index contributed by atoms with van der Waals surface area (Å²) < 4.78 is 1.00. The van der Waals surface area contributed by atoms with Gasteiger partial charge in [-0.1, -0.05) is 46.3 Å². The lowest BCUT2D eigenvalue weighted by atomic mass is 10.2. The Morgan fingerprint density at radius 1 is 0.667 bits per heavy atom. The highest BCUT2D eigenvalue weighted by Gasteiger charge is 2.01. The van der Waals surface area contributed by atoms with Gasteiger partial charge in [-0.15, -0.1) is 0 Å². The van der Waals surface area contributed by atoms with Gasteiger partial charge in [-0.05, 0) is 60.7 Å². The minimum atomic E-state index is 0.546. The predicted molar refractivity (Wildman–Crippen MR) is 110 cm³/mol. The molecule has 3 N–H and O–H groups in total. The summed E-state index contributed by atoms with van der Waals surface area (Å²) in [5, 5.41) is 10.3. The van der Waals surface area contributed by atoms with E-state index >= 15 is 0 Å². The molecular formula is C19H16BrN3S. The molecule has 0 spiro atoms. The molecule has 0 heterocycles. The minimum absolute atomic E-state index is 0.546. The molecule has 0 aliphatic rings. The lowest BCUT2D eigenvalue weighted by molar-refractivity contribution is 1.53. The summed E-state index contributed by atoms with van der Waals surface area (Å²) >= 11 is 8.82. The van der Waals surface area contributed by atoms with E-state index in [0.29, 0.717) is 5.11 Å². The molecule has 0 saturated carbocycles. The first-order valence-corrected chi connectivity index (χ1v) is 8.65. The number of benzene rings is 3. The second-order valence-corrected chi connectivity index (χ2v) is 6.49. The van der Waals surface area contributed by atoms with Crippen molar-refractivity contribution in [3.05, 3.63) is 83.3 Å². The molecule has 0 radical (unpaired) electrons. The fraction of sp³-hybridized carbons (Fsp3) is 0. The van der Waals surface area contributed by atoms with Crippen molar-refractivity contribution in [1.29, 1.82) is 0 Å². The maximum absolute atomic E-state index is 5.38. The number of hydrogen-bond acceptors (Lipinski definition) is 2. The summed E-state index contributed by atoms with van der Waals surface area (Å²) in [4.78, 5) is 0. The first kappa shape index (κ1) is 16.5. The van der Waals surface area contributed by atoms with Crippen LogP contribution in [0, 0.1) is 0 Å². The Bertz CT molecular complexity index is 837. The van der Waals surface area contributed by atoms with Crippen LogP contribution in [-0.4, -0.2) is 5.11 Å². The van der Waals surface area contributed by atoms with Gasteiger partial charge in [0.2, 0.25) is 0 Å². The van der Waals surface area contributed by atoms with Crippen molar-refractivity contribution in [2.75, 3.05) is 16.0 Å². The first-order chi connectivity index (χ1) is 11.7. The van der Waals surface area contributed by atoms with E-state index in [2.05, 4.69) is 31.9 Å². The first-order valence-electron chi connectivity index (χ1n) is 7.45. The van der Waals surface area contributed by atoms with Crippen molar-refractivity contribution in [1.82, 2.24) is 0 Å². The quantitative estimate of drug-likeness (QED) is 0.471. The van der Waals surface area contributed by atoms with Gasteiger partial charge in [0.05, 0.1) is 0 Å². The molecule has 3 aromatic carbocycles. The monoisotopic (exact) mass is 397 g/mol. The van der Waals surface area contributed by atoms with Crippen LogP contribution >= 0.6 is 28.1 Å². The maximum atomic E-state index is 5.38. The largest absolute Gasteiger partial charge is 0.355 e. The standard InChI is InChI=1S/C19H16BrN3S/c20-14-6-4-9-16(12-14)22-19(24)23-18-11-5-10-17(13-18)21-15-7-2-1-3-8-15/h1-13,21H,(H2,22,23,24). The summed E-state index contributed by atoms with van der Waals surface area (Å²) in [7, 11) is 0. The Balaban J connectivity index is 1.65. The summed E-state index contributed by atoms with van der Waals surface area (Å²) in [6, 6.07) is 25.9. The van der Waals surface area contributed by atoms with Crippen LogP contribution in [0.25, 0.3) is 0 Å². The van der Waals surface area contributed by atoms with E-state index in [9.17, 15) is 0 Å². The average molecular weight is 398 g/mol. The lowest BCUT2D eigenvalue weighted by Crippen LogP contribution is -2.19. The van der Waals surface area contributed by atoms with E-state index in [1.54, 1.807) is 0 Å². The summed E-state index contributed by atoms with van der Waals surface area (Å²) in [5.41, 5.74) is 3.89. The molecule has 120 valence electrons. The van der Waals surface area contributed by atoms with Crippen molar-refractivity contribution in [2.24, 2.45) is 0 Å². The third kappa shape index (κ3) is 4.81. The van der Waals surface area contributed by atoms with Crippen LogP contribution in [-0.2, 0) is 0 Å². The van der Waals surface area contributed by atoms with E-state index in [4.69, 9.17) is 12.2 Å². The van der Waals surface area contributed by atoms with Crippen molar-refractivity contribution in [2.45, 2.75) is 0 Å². The molecule has 3 rings (SSSR count). The molecule has 3 aromatic rings. The van der Waals surface area contributed by atoms with Crippen molar-refractivity contribution in [3.63, 3.8) is 0 Å². The second-order valence-electron chi connectivity index (χ2n) is 5.16. The smallest absolute Gasteiger partial charge is 0.175 e. The highest BCUT2D eigenvalue weighted by atomic mass is 79.9. The number of para-hydroxylation sites is 1. The molecule has 0 saturated heterocycles. The van der Waals surface area contributed by atoms with Gasteiger partial charge in [0, 0.05) is 27.2 Å². The fourth-order valence-corrected chi connectivity index (χ4v) is 2.86. The van der Waals surface area contributed by atoms with Gasteiger partial charge in [0.15, 0.2) is 5.11 Å². The molecule has 0 amide bonds. The summed E-state index contributed by atoms with van der Waals surface area (Å²) in [6.45, 7) is 0. The van der Waals surface area contributed by atoms with Crippen LogP contribution < -0.4 is 16.0 Å². The van der Waals surface area contributed by atoms with Crippen molar-refractivity contribution in [3.8, 4) is 0 Å². The zero-order valence-corrected chi connectivity index (χ0v) is 15.2. The Kier molecular flexibility index (Phi) is 5.46. The third-order valence-electron chi connectivity index (χ3n) is 3.27.